The molecule has 0 unspecified atom stereocenters. The first-order valence-corrected chi connectivity index (χ1v) is 6.24. The highest BCUT2D eigenvalue weighted by atomic mass is 32.1. The molecule has 3 aromatic rings. The summed E-state index contributed by atoms with van der Waals surface area (Å²) in [7, 11) is 0. The Kier molecular flexibility index (Phi) is 2.28. The van der Waals surface area contributed by atoms with Gasteiger partial charge in [0.05, 0.1) is 0 Å². The van der Waals surface area contributed by atoms with Crippen LogP contribution in [0.2, 0.25) is 0 Å². The average molecular weight is 258 g/mol. The molecule has 0 spiro atoms. The number of H-pyrrole nitrogens is 2. The van der Waals surface area contributed by atoms with Crippen LogP contribution in [0.15, 0.2) is 18.2 Å². The third-order valence-electron chi connectivity index (χ3n) is 3.09. The van der Waals surface area contributed by atoms with Gasteiger partial charge in [0, 0.05) is 10.9 Å². The Bertz CT molecular complexity index is 792. The molecule has 0 fully saturated rings. The molecule has 0 amide bonds. The van der Waals surface area contributed by atoms with Gasteiger partial charge in [-0.2, -0.15) is 10.1 Å². The summed E-state index contributed by atoms with van der Waals surface area (Å²) in [4.78, 5) is 7.48. The number of aromatic amines is 2. The second-order valence-electron chi connectivity index (χ2n) is 5.47. The molecule has 4 nitrogen and oxygen atoms in total. The highest BCUT2D eigenvalue weighted by Gasteiger charge is 2.15. The number of hydrogen-bond acceptors (Lipinski definition) is 3. The maximum atomic E-state index is 4.98. The van der Waals surface area contributed by atoms with E-state index < -0.39 is 0 Å². The minimum atomic E-state index is 0.118. The van der Waals surface area contributed by atoms with Crippen LogP contribution in [-0.2, 0) is 5.41 Å². The van der Waals surface area contributed by atoms with Crippen LogP contribution in [-0.4, -0.2) is 20.2 Å². The normalized spacial score (nSPS) is 12.4. The molecule has 0 bridgehead atoms. The van der Waals surface area contributed by atoms with Crippen molar-refractivity contribution in [1.82, 2.24) is 20.2 Å². The topological polar surface area (TPSA) is 57.4 Å². The van der Waals surface area contributed by atoms with Crippen LogP contribution in [0.5, 0.6) is 0 Å². The molecule has 5 heteroatoms. The molecule has 92 valence electrons. The summed E-state index contributed by atoms with van der Waals surface area (Å²) < 4.78 is 0.394. The second kappa shape index (κ2) is 3.62. The third-order valence-corrected chi connectivity index (χ3v) is 3.28. The van der Waals surface area contributed by atoms with Crippen molar-refractivity contribution in [2.75, 3.05) is 0 Å². The quantitative estimate of drug-likeness (QED) is 0.607. The second-order valence-corrected chi connectivity index (χ2v) is 5.86. The number of hydrogen-bond donors (Lipinski definition) is 2. The van der Waals surface area contributed by atoms with Gasteiger partial charge in [0.25, 0.3) is 0 Å². The van der Waals surface area contributed by atoms with Gasteiger partial charge in [-0.1, -0.05) is 26.8 Å². The van der Waals surface area contributed by atoms with Gasteiger partial charge in [-0.3, -0.25) is 5.10 Å². The molecule has 0 aliphatic carbocycles. The molecule has 2 heterocycles. The zero-order chi connectivity index (χ0) is 12.9. The summed E-state index contributed by atoms with van der Waals surface area (Å²) in [6.45, 7) is 6.59. The van der Waals surface area contributed by atoms with Gasteiger partial charge < -0.3 is 4.98 Å². The van der Waals surface area contributed by atoms with E-state index in [9.17, 15) is 0 Å². The molecule has 3 rings (SSSR count). The van der Waals surface area contributed by atoms with E-state index in [0.717, 1.165) is 22.1 Å². The fourth-order valence-electron chi connectivity index (χ4n) is 2.05. The Labute approximate surface area is 109 Å². The molecule has 18 heavy (non-hydrogen) atoms. The van der Waals surface area contributed by atoms with Crippen molar-refractivity contribution in [3.05, 3.63) is 28.5 Å². The first-order chi connectivity index (χ1) is 8.45. The van der Waals surface area contributed by atoms with E-state index in [1.165, 1.54) is 5.56 Å². The van der Waals surface area contributed by atoms with Crippen LogP contribution >= 0.6 is 12.2 Å². The van der Waals surface area contributed by atoms with Gasteiger partial charge in [0.15, 0.2) is 5.65 Å². The van der Waals surface area contributed by atoms with Gasteiger partial charge >= 0.3 is 0 Å². The minimum absolute atomic E-state index is 0.118. The monoisotopic (exact) mass is 258 g/mol. The highest BCUT2D eigenvalue weighted by molar-refractivity contribution is 7.71. The molecule has 0 saturated heterocycles. The van der Waals surface area contributed by atoms with Gasteiger partial charge in [-0.15, -0.1) is 0 Å². The Balaban J connectivity index is 2.39. The number of nitrogens with zero attached hydrogens (tertiary/aromatic N) is 2. The van der Waals surface area contributed by atoms with E-state index in [4.69, 9.17) is 12.2 Å². The molecule has 2 aromatic heterocycles. The van der Waals surface area contributed by atoms with E-state index in [0.29, 0.717) is 4.77 Å². The molecule has 0 atom stereocenters. The summed E-state index contributed by atoms with van der Waals surface area (Å²) in [5.74, 6) is 0. The molecule has 0 radical (unpaired) electrons. The molecule has 1 aromatic carbocycles. The number of nitrogens with one attached hydrogen (secondary N) is 2. The zero-order valence-electron chi connectivity index (χ0n) is 10.5. The third kappa shape index (κ3) is 1.71. The van der Waals surface area contributed by atoms with Crippen LogP contribution in [0, 0.1) is 4.77 Å². The highest BCUT2D eigenvalue weighted by Crippen LogP contribution is 2.28. The summed E-state index contributed by atoms with van der Waals surface area (Å²) in [5.41, 5.74) is 4.00. The number of fused-ring (bicyclic) bond motifs is 3. The lowest BCUT2D eigenvalue weighted by Crippen LogP contribution is -2.10. The van der Waals surface area contributed by atoms with E-state index in [1.807, 2.05) is 0 Å². The van der Waals surface area contributed by atoms with Crippen LogP contribution in [0.25, 0.3) is 22.1 Å². The molecular weight excluding hydrogens is 244 g/mol. The first-order valence-electron chi connectivity index (χ1n) is 5.84. The Morgan fingerprint density at radius 1 is 1.22 bits per heavy atom. The van der Waals surface area contributed by atoms with Crippen LogP contribution in [0.1, 0.15) is 26.3 Å². The summed E-state index contributed by atoms with van der Waals surface area (Å²) in [6, 6.07) is 6.37. The average Bonchev–Trinajstić information content (AvgIpc) is 2.63. The van der Waals surface area contributed by atoms with Gasteiger partial charge in [0.1, 0.15) is 5.52 Å². The van der Waals surface area contributed by atoms with Crippen molar-refractivity contribution in [3.8, 4) is 0 Å². The largest absolute Gasteiger partial charge is 0.338 e. The lowest BCUT2D eigenvalue weighted by molar-refractivity contribution is 0.591. The van der Waals surface area contributed by atoms with Gasteiger partial charge in [0.2, 0.25) is 4.77 Å². The van der Waals surface area contributed by atoms with Crippen LogP contribution in [0.4, 0.5) is 0 Å². The predicted octanol–water partition coefficient (Wildman–Crippen LogP) is 3.47. The van der Waals surface area contributed by atoms with Crippen molar-refractivity contribution in [3.63, 3.8) is 0 Å². The number of rotatable bonds is 0. The summed E-state index contributed by atoms with van der Waals surface area (Å²) in [5, 5.41) is 8.09. The molecule has 0 saturated carbocycles. The smallest absolute Gasteiger partial charge is 0.215 e. The van der Waals surface area contributed by atoms with Crippen molar-refractivity contribution in [2.45, 2.75) is 26.2 Å². The van der Waals surface area contributed by atoms with Crippen molar-refractivity contribution in [2.24, 2.45) is 0 Å². The molecule has 0 aliphatic heterocycles. The van der Waals surface area contributed by atoms with E-state index in [1.54, 1.807) is 0 Å². The molecular formula is C13H14N4S. The summed E-state index contributed by atoms with van der Waals surface area (Å²) >= 11 is 4.98. The fraction of sp³-hybridized carbons (Fsp3) is 0.308. The van der Waals surface area contributed by atoms with Gasteiger partial charge in [-0.25, -0.2) is 0 Å². The van der Waals surface area contributed by atoms with Gasteiger partial charge in [-0.05, 0) is 35.3 Å². The Morgan fingerprint density at radius 3 is 2.72 bits per heavy atom. The number of benzene rings is 1. The maximum Gasteiger partial charge on any atom is 0.215 e. The van der Waals surface area contributed by atoms with Crippen LogP contribution in [0.3, 0.4) is 0 Å². The maximum absolute atomic E-state index is 4.98. The Hall–Kier alpha value is -1.75. The zero-order valence-corrected chi connectivity index (χ0v) is 11.4. The Morgan fingerprint density at radius 2 is 2.00 bits per heavy atom. The van der Waals surface area contributed by atoms with Crippen LogP contribution < -0.4 is 0 Å². The molecule has 2 N–H and O–H groups in total. The van der Waals surface area contributed by atoms with E-state index >= 15 is 0 Å². The molecule has 0 aliphatic rings. The fourth-order valence-corrected chi connectivity index (χ4v) is 2.19. The lowest BCUT2D eigenvalue weighted by atomic mass is 9.86. The lowest BCUT2D eigenvalue weighted by Gasteiger charge is -2.18. The van der Waals surface area contributed by atoms with E-state index in [-0.39, 0.29) is 5.41 Å². The minimum Gasteiger partial charge on any atom is -0.338 e. The first kappa shape index (κ1) is 11.3. The standard InChI is InChI=1S/C13H14N4S/c1-13(2,3)7-4-5-9-8(6-7)10-11(14-9)15-12(18)17-16-10/h4-6H,1-3H3,(H2,14,15,17,18). The van der Waals surface area contributed by atoms with E-state index in [2.05, 4.69) is 59.1 Å². The predicted molar refractivity (Wildman–Crippen MR) is 75.3 cm³/mol. The van der Waals surface area contributed by atoms with Crippen molar-refractivity contribution >= 4 is 34.3 Å². The summed E-state index contributed by atoms with van der Waals surface area (Å²) in [6.07, 6.45) is 0. The van der Waals surface area contributed by atoms with Crippen molar-refractivity contribution < 1.29 is 0 Å². The number of aromatic nitrogens is 4. The van der Waals surface area contributed by atoms with Crippen molar-refractivity contribution in [1.29, 1.82) is 0 Å². The SMILES string of the molecule is CC(C)(C)c1ccc2[nH]c3nc(=S)[nH]nc3c2c1.